The molecule has 0 atom stereocenters. The third-order valence-electron chi connectivity index (χ3n) is 3.58. The van der Waals surface area contributed by atoms with Crippen molar-refractivity contribution in [1.29, 1.82) is 0 Å². The Bertz CT molecular complexity index is 798. The quantitative estimate of drug-likeness (QED) is 0.900. The standard InChI is InChI=1S/C15H13N3O5/c1-17-7-14(20)18(8-13(17)19)11-5-3-2-4-9(11)12-6-10(15(21)22)16-23-12/h2-6H,7-8H2,1H3,(H,21,22). The van der Waals surface area contributed by atoms with E-state index in [0.717, 1.165) is 0 Å². The molecule has 2 aromatic rings. The fourth-order valence-electron chi connectivity index (χ4n) is 2.36. The average molecular weight is 315 g/mol. The lowest BCUT2D eigenvalue weighted by atomic mass is 10.1. The number of para-hydroxylation sites is 1. The van der Waals surface area contributed by atoms with Gasteiger partial charge in [0, 0.05) is 18.7 Å². The first-order valence-electron chi connectivity index (χ1n) is 6.81. The first kappa shape index (κ1) is 14.8. The van der Waals surface area contributed by atoms with E-state index in [1.54, 1.807) is 31.3 Å². The highest BCUT2D eigenvalue weighted by Crippen LogP contribution is 2.32. The third-order valence-corrected chi connectivity index (χ3v) is 3.58. The molecule has 1 saturated heterocycles. The summed E-state index contributed by atoms with van der Waals surface area (Å²) in [5.41, 5.74) is 0.751. The van der Waals surface area contributed by atoms with Crippen LogP contribution in [0.3, 0.4) is 0 Å². The van der Waals surface area contributed by atoms with E-state index >= 15 is 0 Å². The maximum atomic E-state index is 12.2. The fraction of sp³-hybridized carbons (Fsp3) is 0.200. The molecule has 1 aromatic carbocycles. The Morgan fingerprint density at radius 3 is 2.65 bits per heavy atom. The van der Waals surface area contributed by atoms with Gasteiger partial charge in [0.25, 0.3) is 0 Å². The maximum absolute atomic E-state index is 12.2. The zero-order valence-electron chi connectivity index (χ0n) is 12.2. The Morgan fingerprint density at radius 1 is 1.22 bits per heavy atom. The highest BCUT2D eigenvalue weighted by Gasteiger charge is 2.30. The number of anilines is 1. The number of nitrogens with zero attached hydrogens (tertiary/aromatic N) is 3. The molecule has 0 bridgehead atoms. The molecule has 0 unspecified atom stereocenters. The second-order valence-electron chi connectivity index (χ2n) is 5.13. The zero-order valence-corrected chi connectivity index (χ0v) is 12.2. The minimum Gasteiger partial charge on any atom is -0.476 e. The van der Waals surface area contributed by atoms with Gasteiger partial charge in [0.05, 0.1) is 12.2 Å². The number of piperazine rings is 1. The van der Waals surface area contributed by atoms with Gasteiger partial charge >= 0.3 is 5.97 Å². The molecule has 8 heteroatoms. The van der Waals surface area contributed by atoms with Crippen molar-refractivity contribution < 1.29 is 24.0 Å². The van der Waals surface area contributed by atoms with Gasteiger partial charge in [0.1, 0.15) is 6.54 Å². The second kappa shape index (κ2) is 5.56. The summed E-state index contributed by atoms with van der Waals surface area (Å²) in [6.45, 7) is -0.0871. The fourth-order valence-corrected chi connectivity index (χ4v) is 2.36. The number of aromatic carboxylic acids is 1. The number of hydrogen-bond acceptors (Lipinski definition) is 5. The van der Waals surface area contributed by atoms with Gasteiger partial charge in [-0.3, -0.25) is 9.59 Å². The lowest BCUT2D eigenvalue weighted by Crippen LogP contribution is -2.52. The van der Waals surface area contributed by atoms with E-state index in [-0.39, 0.29) is 36.4 Å². The summed E-state index contributed by atoms with van der Waals surface area (Å²) in [7, 11) is 1.57. The van der Waals surface area contributed by atoms with Gasteiger partial charge < -0.3 is 19.4 Å². The predicted molar refractivity (Wildman–Crippen MR) is 78.9 cm³/mol. The summed E-state index contributed by atoms with van der Waals surface area (Å²) in [5, 5.41) is 12.4. The molecule has 3 rings (SSSR count). The number of amides is 2. The molecule has 1 N–H and O–H groups in total. The van der Waals surface area contributed by atoms with E-state index < -0.39 is 5.97 Å². The van der Waals surface area contributed by atoms with Gasteiger partial charge in [0.2, 0.25) is 11.8 Å². The van der Waals surface area contributed by atoms with E-state index in [2.05, 4.69) is 5.16 Å². The first-order valence-corrected chi connectivity index (χ1v) is 6.81. The number of carboxylic acid groups (broad SMARTS) is 1. The Morgan fingerprint density at radius 2 is 1.96 bits per heavy atom. The number of likely N-dealkylation sites (N-methyl/N-ethyl adjacent to an activating group) is 1. The molecule has 1 aliphatic heterocycles. The van der Waals surface area contributed by atoms with Crippen LogP contribution in [0.5, 0.6) is 0 Å². The molecule has 0 spiro atoms. The summed E-state index contributed by atoms with van der Waals surface area (Å²) in [6, 6.07) is 8.09. The van der Waals surface area contributed by atoms with E-state index in [4.69, 9.17) is 9.63 Å². The minimum absolute atomic E-state index is 0.00997. The van der Waals surface area contributed by atoms with Crippen LogP contribution in [0.4, 0.5) is 5.69 Å². The molecule has 118 valence electrons. The maximum Gasteiger partial charge on any atom is 0.358 e. The van der Waals surface area contributed by atoms with Crippen molar-refractivity contribution in [3.8, 4) is 11.3 Å². The van der Waals surface area contributed by atoms with E-state index in [1.165, 1.54) is 15.9 Å². The van der Waals surface area contributed by atoms with Gasteiger partial charge in [0.15, 0.2) is 11.5 Å². The lowest BCUT2D eigenvalue weighted by Gasteiger charge is -2.32. The summed E-state index contributed by atoms with van der Waals surface area (Å²) < 4.78 is 5.06. The largest absolute Gasteiger partial charge is 0.476 e. The van der Waals surface area contributed by atoms with E-state index in [0.29, 0.717) is 11.3 Å². The van der Waals surface area contributed by atoms with E-state index in [9.17, 15) is 14.4 Å². The van der Waals surface area contributed by atoms with Crippen LogP contribution < -0.4 is 4.90 Å². The molecular formula is C15H13N3O5. The van der Waals surface area contributed by atoms with Crippen molar-refractivity contribution >= 4 is 23.5 Å². The van der Waals surface area contributed by atoms with Gasteiger partial charge in [-0.1, -0.05) is 17.3 Å². The van der Waals surface area contributed by atoms with Crippen LogP contribution in [-0.2, 0) is 9.59 Å². The van der Waals surface area contributed by atoms with Gasteiger partial charge in [-0.25, -0.2) is 4.79 Å². The van der Waals surface area contributed by atoms with Crippen LogP contribution in [0.1, 0.15) is 10.5 Å². The summed E-state index contributed by atoms with van der Waals surface area (Å²) in [6.07, 6.45) is 0. The SMILES string of the molecule is CN1CC(=O)N(c2ccccc2-c2cc(C(=O)O)no2)CC1=O. The Balaban J connectivity index is 2.02. The Kier molecular flexibility index (Phi) is 3.57. The monoisotopic (exact) mass is 315 g/mol. The third kappa shape index (κ3) is 2.66. The van der Waals surface area contributed by atoms with Crippen molar-refractivity contribution in [2.24, 2.45) is 0 Å². The van der Waals surface area contributed by atoms with E-state index in [1.807, 2.05) is 0 Å². The van der Waals surface area contributed by atoms with Crippen LogP contribution in [0.2, 0.25) is 0 Å². The van der Waals surface area contributed by atoms with Crippen LogP contribution >= 0.6 is 0 Å². The number of carbonyl (C=O) groups is 3. The highest BCUT2D eigenvalue weighted by atomic mass is 16.5. The minimum atomic E-state index is -1.21. The van der Waals surface area contributed by atoms with Crippen LogP contribution in [0.25, 0.3) is 11.3 Å². The molecule has 8 nitrogen and oxygen atoms in total. The predicted octanol–water partition coefficient (Wildman–Crippen LogP) is 0.845. The molecule has 1 fully saturated rings. The molecule has 2 heterocycles. The van der Waals surface area contributed by atoms with Crippen LogP contribution in [0.15, 0.2) is 34.9 Å². The Hall–Kier alpha value is -3.16. The smallest absolute Gasteiger partial charge is 0.358 e. The number of benzene rings is 1. The number of hydrogen-bond donors (Lipinski definition) is 1. The van der Waals surface area contributed by atoms with Crippen LogP contribution in [-0.4, -0.2) is 53.1 Å². The van der Waals surface area contributed by atoms with Crippen molar-refractivity contribution in [3.63, 3.8) is 0 Å². The van der Waals surface area contributed by atoms with Gasteiger partial charge in [-0.2, -0.15) is 0 Å². The molecule has 1 aliphatic rings. The number of carboxylic acids is 1. The Labute approximate surface area is 130 Å². The van der Waals surface area contributed by atoms with Crippen molar-refractivity contribution in [3.05, 3.63) is 36.0 Å². The normalized spacial score (nSPS) is 15.2. The van der Waals surface area contributed by atoms with Crippen molar-refractivity contribution in [1.82, 2.24) is 10.1 Å². The first-order chi connectivity index (χ1) is 11.0. The van der Waals surface area contributed by atoms with Gasteiger partial charge in [-0.05, 0) is 12.1 Å². The number of rotatable bonds is 3. The van der Waals surface area contributed by atoms with Crippen molar-refractivity contribution in [2.45, 2.75) is 0 Å². The van der Waals surface area contributed by atoms with Crippen molar-refractivity contribution in [2.75, 3.05) is 25.0 Å². The summed E-state index contributed by atoms with van der Waals surface area (Å²) in [5.74, 6) is -1.39. The molecule has 0 aliphatic carbocycles. The van der Waals surface area contributed by atoms with Crippen LogP contribution in [0, 0.1) is 0 Å². The van der Waals surface area contributed by atoms with Gasteiger partial charge in [-0.15, -0.1) is 0 Å². The molecule has 0 radical (unpaired) electrons. The lowest BCUT2D eigenvalue weighted by molar-refractivity contribution is -0.136. The highest BCUT2D eigenvalue weighted by molar-refractivity contribution is 6.06. The molecule has 23 heavy (non-hydrogen) atoms. The topological polar surface area (TPSA) is 104 Å². The summed E-state index contributed by atoms with van der Waals surface area (Å²) >= 11 is 0. The molecule has 0 saturated carbocycles. The summed E-state index contributed by atoms with van der Waals surface area (Å²) in [4.78, 5) is 37.8. The number of aromatic nitrogens is 1. The molecule has 2 amide bonds. The second-order valence-corrected chi connectivity index (χ2v) is 5.13. The molecular weight excluding hydrogens is 302 g/mol. The zero-order chi connectivity index (χ0) is 16.6. The molecule has 1 aromatic heterocycles. The average Bonchev–Trinajstić information content (AvgIpc) is 3.01. The number of carbonyl (C=O) groups excluding carboxylic acids is 2.